The number of hydrogen-bond donors (Lipinski definition) is 1. The number of nitrogens with two attached hydrogens (primary N) is 1. The summed E-state index contributed by atoms with van der Waals surface area (Å²) in [4.78, 5) is 0. The molecule has 0 aromatic heterocycles. The lowest BCUT2D eigenvalue weighted by atomic mass is 9.92. The van der Waals surface area contributed by atoms with Crippen molar-refractivity contribution in [2.75, 3.05) is 6.54 Å². The average Bonchev–Trinajstić information content (AvgIpc) is 2.45. The van der Waals surface area contributed by atoms with Crippen molar-refractivity contribution >= 4 is 34.8 Å². The molecular formula is C16H16Cl3N. The molecular weight excluding hydrogens is 313 g/mol. The van der Waals surface area contributed by atoms with E-state index in [4.69, 9.17) is 40.5 Å². The molecule has 0 saturated heterocycles. The molecule has 1 unspecified atom stereocenters. The van der Waals surface area contributed by atoms with Crippen LogP contribution in [0.1, 0.15) is 11.1 Å². The predicted octanol–water partition coefficient (Wildman–Crippen LogP) is 5.01. The SMILES string of the molecule is NCC(Cc1ccccc1Cl)Cc1cccc(Cl)c1Cl. The van der Waals surface area contributed by atoms with Gasteiger partial charge in [-0.25, -0.2) is 0 Å². The molecule has 0 aliphatic rings. The van der Waals surface area contributed by atoms with Gasteiger partial charge in [-0.05, 0) is 48.6 Å². The van der Waals surface area contributed by atoms with Gasteiger partial charge in [0, 0.05) is 5.02 Å². The molecule has 20 heavy (non-hydrogen) atoms. The van der Waals surface area contributed by atoms with Crippen molar-refractivity contribution in [1.82, 2.24) is 0 Å². The van der Waals surface area contributed by atoms with Crippen molar-refractivity contribution in [3.8, 4) is 0 Å². The van der Waals surface area contributed by atoms with Gasteiger partial charge < -0.3 is 5.73 Å². The molecule has 0 spiro atoms. The van der Waals surface area contributed by atoms with Crippen LogP contribution in [0.2, 0.25) is 15.1 Å². The van der Waals surface area contributed by atoms with Gasteiger partial charge in [0.25, 0.3) is 0 Å². The average molecular weight is 329 g/mol. The second kappa shape index (κ2) is 7.33. The Morgan fingerprint density at radius 2 is 1.40 bits per heavy atom. The van der Waals surface area contributed by atoms with Crippen LogP contribution in [0.5, 0.6) is 0 Å². The first-order valence-corrected chi connectivity index (χ1v) is 7.61. The molecule has 1 nitrogen and oxygen atoms in total. The molecule has 0 amide bonds. The molecule has 0 saturated carbocycles. The van der Waals surface area contributed by atoms with E-state index in [0.717, 1.165) is 29.0 Å². The largest absolute Gasteiger partial charge is 0.330 e. The number of halogens is 3. The van der Waals surface area contributed by atoms with Crippen molar-refractivity contribution in [2.45, 2.75) is 12.8 Å². The van der Waals surface area contributed by atoms with Gasteiger partial charge in [-0.2, -0.15) is 0 Å². The van der Waals surface area contributed by atoms with Crippen LogP contribution < -0.4 is 5.73 Å². The molecule has 0 fully saturated rings. The van der Waals surface area contributed by atoms with Crippen LogP contribution >= 0.6 is 34.8 Å². The van der Waals surface area contributed by atoms with Crippen molar-refractivity contribution in [3.05, 3.63) is 68.7 Å². The highest BCUT2D eigenvalue weighted by Crippen LogP contribution is 2.28. The van der Waals surface area contributed by atoms with E-state index in [1.165, 1.54) is 0 Å². The fraction of sp³-hybridized carbons (Fsp3) is 0.250. The third kappa shape index (κ3) is 3.89. The second-order valence-corrected chi connectivity index (χ2v) is 6.01. The second-order valence-electron chi connectivity index (χ2n) is 4.81. The lowest BCUT2D eigenvalue weighted by Crippen LogP contribution is -2.19. The van der Waals surface area contributed by atoms with Crippen LogP contribution in [0.4, 0.5) is 0 Å². The zero-order valence-corrected chi connectivity index (χ0v) is 13.2. The molecule has 0 heterocycles. The van der Waals surface area contributed by atoms with Crippen molar-refractivity contribution in [1.29, 1.82) is 0 Å². The highest BCUT2D eigenvalue weighted by Gasteiger charge is 2.14. The third-order valence-electron chi connectivity index (χ3n) is 3.34. The first-order valence-electron chi connectivity index (χ1n) is 6.48. The Bertz CT molecular complexity index is 584. The first-order chi connectivity index (χ1) is 9.61. The van der Waals surface area contributed by atoms with Crippen LogP contribution in [-0.2, 0) is 12.8 Å². The molecule has 2 aromatic carbocycles. The first kappa shape index (κ1) is 15.7. The molecule has 2 N–H and O–H groups in total. The number of hydrogen-bond acceptors (Lipinski definition) is 1. The van der Waals surface area contributed by atoms with Crippen LogP contribution in [0.3, 0.4) is 0 Å². The summed E-state index contributed by atoms with van der Waals surface area (Å²) in [5.74, 6) is 0.283. The van der Waals surface area contributed by atoms with Crippen LogP contribution in [0.15, 0.2) is 42.5 Å². The Morgan fingerprint density at radius 1 is 0.800 bits per heavy atom. The molecule has 106 valence electrons. The number of rotatable bonds is 5. The molecule has 0 radical (unpaired) electrons. The van der Waals surface area contributed by atoms with Gasteiger partial charge in [0.05, 0.1) is 10.0 Å². The molecule has 0 aliphatic heterocycles. The predicted molar refractivity (Wildman–Crippen MR) is 87.9 cm³/mol. The highest BCUT2D eigenvalue weighted by molar-refractivity contribution is 6.42. The van der Waals surface area contributed by atoms with Gasteiger partial charge >= 0.3 is 0 Å². The van der Waals surface area contributed by atoms with E-state index in [1.54, 1.807) is 6.07 Å². The van der Waals surface area contributed by atoms with Gasteiger partial charge in [0.15, 0.2) is 0 Å². The summed E-state index contributed by atoms with van der Waals surface area (Å²) in [5, 5.41) is 1.98. The Balaban J connectivity index is 2.14. The summed E-state index contributed by atoms with van der Waals surface area (Å²) in [7, 11) is 0. The fourth-order valence-electron chi connectivity index (χ4n) is 2.23. The summed E-state index contributed by atoms with van der Waals surface area (Å²) < 4.78 is 0. The lowest BCUT2D eigenvalue weighted by Gasteiger charge is -2.17. The molecule has 0 bridgehead atoms. The van der Waals surface area contributed by atoms with Crippen molar-refractivity contribution in [2.24, 2.45) is 11.7 Å². The van der Waals surface area contributed by atoms with Gasteiger partial charge in [-0.1, -0.05) is 65.1 Å². The normalized spacial score (nSPS) is 12.4. The molecule has 2 aromatic rings. The van der Waals surface area contributed by atoms with Crippen LogP contribution in [0, 0.1) is 5.92 Å². The Morgan fingerprint density at radius 3 is 2.10 bits per heavy atom. The summed E-state index contributed by atoms with van der Waals surface area (Å²) in [6.07, 6.45) is 1.63. The maximum Gasteiger partial charge on any atom is 0.0624 e. The van der Waals surface area contributed by atoms with Gasteiger partial charge in [-0.15, -0.1) is 0 Å². The Kier molecular flexibility index (Phi) is 5.74. The van der Waals surface area contributed by atoms with E-state index in [0.29, 0.717) is 16.6 Å². The van der Waals surface area contributed by atoms with E-state index >= 15 is 0 Å². The maximum absolute atomic E-state index is 6.23. The zero-order chi connectivity index (χ0) is 14.5. The standard InChI is InChI=1S/C16H16Cl3N/c17-14-6-2-1-4-12(14)8-11(10-20)9-13-5-3-7-15(18)16(13)19/h1-7,11H,8-10,20H2. The maximum atomic E-state index is 6.23. The molecule has 1 atom stereocenters. The fourth-order valence-corrected chi connectivity index (χ4v) is 2.84. The topological polar surface area (TPSA) is 26.0 Å². The van der Waals surface area contributed by atoms with Crippen molar-refractivity contribution in [3.63, 3.8) is 0 Å². The number of benzene rings is 2. The quantitative estimate of drug-likeness (QED) is 0.820. The summed E-state index contributed by atoms with van der Waals surface area (Å²) in [6.45, 7) is 0.577. The smallest absolute Gasteiger partial charge is 0.0624 e. The van der Waals surface area contributed by atoms with Crippen molar-refractivity contribution < 1.29 is 0 Å². The summed E-state index contributed by atoms with van der Waals surface area (Å²) in [5.41, 5.74) is 8.03. The minimum Gasteiger partial charge on any atom is -0.330 e. The van der Waals surface area contributed by atoms with Gasteiger partial charge in [0.1, 0.15) is 0 Å². The monoisotopic (exact) mass is 327 g/mol. The molecule has 0 aliphatic carbocycles. The summed E-state index contributed by atoms with van der Waals surface area (Å²) >= 11 is 18.5. The summed E-state index contributed by atoms with van der Waals surface area (Å²) in [6, 6.07) is 13.5. The molecule has 4 heteroatoms. The van der Waals surface area contributed by atoms with E-state index in [1.807, 2.05) is 36.4 Å². The minimum absolute atomic E-state index is 0.283. The van der Waals surface area contributed by atoms with E-state index in [2.05, 4.69) is 0 Å². The Labute approximate surface area is 134 Å². The van der Waals surface area contributed by atoms with Crippen LogP contribution in [0.25, 0.3) is 0 Å². The Hall–Kier alpha value is -0.730. The van der Waals surface area contributed by atoms with Gasteiger partial charge in [-0.3, -0.25) is 0 Å². The van der Waals surface area contributed by atoms with E-state index in [-0.39, 0.29) is 5.92 Å². The van der Waals surface area contributed by atoms with Gasteiger partial charge in [0.2, 0.25) is 0 Å². The van der Waals surface area contributed by atoms with E-state index in [9.17, 15) is 0 Å². The highest BCUT2D eigenvalue weighted by atomic mass is 35.5. The molecule has 2 rings (SSSR count). The third-order valence-corrected chi connectivity index (χ3v) is 4.57. The lowest BCUT2D eigenvalue weighted by molar-refractivity contribution is 0.533. The zero-order valence-electron chi connectivity index (χ0n) is 11.0. The minimum atomic E-state index is 0.283. The van der Waals surface area contributed by atoms with E-state index < -0.39 is 0 Å². The van der Waals surface area contributed by atoms with Crippen LogP contribution in [-0.4, -0.2) is 6.54 Å².